The number of carbonyl (C=O) groups excluding carboxylic acids is 1. The molecule has 7 nitrogen and oxygen atoms in total. The number of benzene rings is 1. The third kappa shape index (κ3) is 5.06. The highest BCUT2D eigenvalue weighted by Gasteiger charge is 2.14. The fraction of sp³-hybridized carbons (Fsp3) is 0.417. The molecule has 0 spiro atoms. The molecule has 0 fully saturated rings. The number of carbonyl (C=O) groups is 1. The molecule has 0 radical (unpaired) electrons. The van der Waals surface area contributed by atoms with Crippen LogP contribution in [0.5, 0.6) is 0 Å². The third-order valence-electron chi connectivity index (χ3n) is 2.31. The van der Waals surface area contributed by atoms with Crippen molar-refractivity contribution in [2.75, 3.05) is 17.6 Å². The molecule has 1 aromatic rings. The monoisotopic (exact) mass is 300 g/mol. The Balaban J connectivity index is 2.81. The second-order valence-corrected chi connectivity index (χ2v) is 7.01. The minimum atomic E-state index is -3.81. The zero-order valence-electron chi connectivity index (χ0n) is 11.7. The molecule has 6 N–H and O–H groups in total. The fourth-order valence-electron chi connectivity index (χ4n) is 1.50. The highest BCUT2D eigenvalue weighted by atomic mass is 32.2. The van der Waals surface area contributed by atoms with Crippen molar-refractivity contribution in [3.63, 3.8) is 0 Å². The van der Waals surface area contributed by atoms with E-state index < -0.39 is 10.0 Å². The third-order valence-corrected chi connectivity index (χ3v) is 3.22. The second kappa shape index (κ2) is 5.68. The number of primary sulfonamides is 1. The SMILES string of the molecule is CC(C)(C)NC(=O)CNc1cc(S(N)(=O)=O)ccc1N. The maximum absolute atomic E-state index is 11.7. The Morgan fingerprint density at radius 1 is 1.30 bits per heavy atom. The average molecular weight is 300 g/mol. The van der Waals surface area contributed by atoms with Gasteiger partial charge in [0, 0.05) is 5.54 Å². The summed E-state index contributed by atoms with van der Waals surface area (Å²) in [7, 11) is -3.81. The number of sulfonamides is 1. The summed E-state index contributed by atoms with van der Waals surface area (Å²) in [5.41, 5.74) is 6.06. The van der Waals surface area contributed by atoms with Crippen LogP contribution in [-0.2, 0) is 14.8 Å². The van der Waals surface area contributed by atoms with Gasteiger partial charge in [0.15, 0.2) is 0 Å². The van der Waals surface area contributed by atoms with Crippen molar-refractivity contribution in [3.05, 3.63) is 18.2 Å². The highest BCUT2D eigenvalue weighted by molar-refractivity contribution is 7.89. The standard InChI is InChI=1S/C12H20N4O3S/c1-12(2,3)16-11(17)7-15-10-6-8(20(14,18)19)4-5-9(10)13/h4-6,15H,7,13H2,1-3H3,(H,16,17)(H2,14,18,19). The minimum Gasteiger partial charge on any atom is -0.397 e. The molecular formula is C12H20N4O3S. The van der Waals surface area contributed by atoms with E-state index in [4.69, 9.17) is 10.9 Å². The predicted molar refractivity (Wildman–Crippen MR) is 78.6 cm³/mol. The van der Waals surface area contributed by atoms with Crippen LogP contribution in [0, 0.1) is 0 Å². The van der Waals surface area contributed by atoms with Gasteiger partial charge in [0.05, 0.1) is 22.8 Å². The van der Waals surface area contributed by atoms with Crippen LogP contribution in [-0.4, -0.2) is 26.4 Å². The number of rotatable bonds is 4. The molecule has 0 bridgehead atoms. The van der Waals surface area contributed by atoms with Crippen molar-refractivity contribution in [2.24, 2.45) is 5.14 Å². The first-order valence-corrected chi connectivity index (χ1v) is 7.51. The van der Waals surface area contributed by atoms with Gasteiger partial charge in [-0.1, -0.05) is 0 Å². The van der Waals surface area contributed by atoms with Gasteiger partial charge in [-0.05, 0) is 39.0 Å². The Labute approximate surface area is 118 Å². The smallest absolute Gasteiger partial charge is 0.239 e. The van der Waals surface area contributed by atoms with Gasteiger partial charge in [-0.2, -0.15) is 0 Å². The van der Waals surface area contributed by atoms with E-state index in [9.17, 15) is 13.2 Å². The van der Waals surface area contributed by atoms with Gasteiger partial charge in [0.25, 0.3) is 0 Å². The number of amides is 1. The lowest BCUT2D eigenvalue weighted by molar-refractivity contribution is -0.120. The molecule has 20 heavy (non-hydrogen) atoms. The van der Waals surface area contributed by atoms with Crippen LogP contribution < -0.4 is 21.5 Å². The van der Waals surface area contributed by atoms with Crippen molar-refractivity contribution in [2.45, 2.75) is 31.2 Å². The van der Waals surface area contributed by atoms with Gasteiger partial charge < -0.3 is 16.4 Å². The van der Waals surface area contributed by atoms with E-state index in [1.54, 1.807) is 0 Å². The van der Waals surface area contributed by atoms with E-state index in [1.807, 2.05) is 20.8 Å². The van der Waals surface area contributed by atoms with E-state index >= 15 is 0 Å². The fourth-order valence-corrected chi connectivity index (χ4v) is 2.04. The first-order valence-electron chi connectivity index (χ1n) is 5.96. The molecule has 8 heteroatoms. The lowest BCUT2D eigenvalue weighted by atomic mass is 10.1. The molecule has 0 aliphatic carbocycles. The number of nitrogens with two attached hydrogens (primary N) is 2. The molecule has 0 aliphatic heterocycles. The van der Waals surface area contributed by atoms with E-state index in [0.29, 0.717) is 11.4 Å². The molecule has 0 aliphatic rings. The molecule has 1 aromatic carbocycles. The van der Waals surface area contributed by atoms with Crippen LogP contribution >= 0.6 is 0 Å². The molecule has 0 unspecified atom stereocenters. The van der Waals surface area contributed by atoms with Gasteiger partial charge in [-0.25, -0.2) is 13.6 Å². The molecule has 1 rings (SSSR count). The summed E-state index contributed by atoms with van der Waals surface area (Å²) >= 11 is 0. The second-order valence-electron chi connectivity index (χ2n) is 5.45. The van der Waals surface area contributed by atoms with Gasteiger partial charge in [-0.3, -0.25) is 4.79 Å². The number of hydrogen-bond acceptors (Lipinski definition) is 5. The number of anilines is 2. The summed E-state index contributed by atoms with van der Waals surface area (Å²) in [4.78, 5) is 11.6. The molecule has 0 atom stereocenters. The van der Waals surface area contributed by atoms with Gasteiger partial charge in [-0.15, -0.1) is 0 Å². The molecule has 0 aromatic heterocycles. The highest BCUT2D eigenvalue weighted by Crippen LogP contribution is 2.21. The maximum atomic E-state index is 11.7. The van der Waals surface area contributed by atoms with E-state index in [2.05, 4.69) is 10.6 Å². The largest absolute Gasteiger partial charge is 0.397 e. The summed E-state index contributed by atoms with van der Waals surface area (Å²) in [6, 6.07) is 4.03. The Bertz CT molecular complexity index is 606. The molecule has 0 heterocycles. The Kier molecular flexibility index (Phi) is 4.61. The van der Waals surface area contributed by atoms with Crippen molar-refractivity contribution in [1.82, 2.24) is 5.32 Å². The lowest BCUT2D eigenvalue weighted by Crippen LogP contribution is -2.43. The van der Waals surface area contributed by atoms with E-state index in [0.717, 1.165) is 0 Å². The van der Waals surface area contributed by atoms with Crippen molar-refractivity contribution >= 4 is 27.3 Å². The van der Waals surface area contributed by atoms with E-state index in [1.165, 1.54) is 18.2 Å². The quantitative estimate of drug-likeness (QED) is 0.592. The van der Waals surface area contributed by atoms with Crippen LogP contribution in [0.25, 0.3) is 0 Å². The molecule has 1 amide bonds. The summed E-state index contributed by atoms with van der Waals surface area (Å²) in [6.07, 6.45) is 0. The minimum absolute atomic E-state index is 0.0183. The maximum Gasteiger partial charge on any atom is 0.239 e. The molecular weight excluding hydrogens is 280 g/mol. The molecule has 0 saturated carbocycles. The van der Waals surface area contributed by atoms with Crippen LogP contribution in [0.4, 0.5) is 11.4 Å². The van der Waals surface area contributed by atoms with Crippen LogP contribution in [0.2, 0.25) is 0 Å². The Morgan fingerprint density at radius 3 is 2.40 bits per heavy atom. The van der Waals surface area contributed by atoms with Crippen LogP contribution in [0.1, 0.15) is 20.8 Å². The Morgan fingerprint density at radius 2 is 1.90 bits per heavy atom. The average Bonchev–Trinajstić information content (AvgIpc) is 2.24. The first-order chi connectivity index (χ1) is 8.99. The summed E-state index contributed by atoms with van der Waals surface area (Å²) < 4.78 is 22.5. The van der Waals surface area contributed by atoms with Crippen molar-refractivity contribution in [3.8, 4) is 0 Å². The van der Waals surface area contributed by atoms with Gasteiger partial charge in [0.1, 0.15) is 0 Å². The summed E-state index contributed by atoms with van der Waals surface area (Å²) in [6.45, 7) is 5.57. The summed E-state index contributed by atoms with van der Waals surface area (Å²) in [5, 5.41) is 10.6. The zero-order chi connectivity index (χ0) is 15.6. The molecule has 0 saturated heterocycles. The topological polar surface area (TPSA) is 127 Å². The lowest BCUT2D eigenvalue weighted by Gasteiger charge is -2.21. The number of nitrogens with one attached hydrogen (secondary N) is 2. The zero-order valence-corrected chi connectivity index (χ0v) is 12.5. The predicted octanol–water partition coefficient (Wildman–Crippen LogP) is 0.243. The van der Waals surface area contributed by atoms with Gasteiger partial charge >= 0.3 is 0 Å². The van der Waals surface area contributed by atoms with Gasteiger partial charge in [0.2, 0.25) is 15.9 Å². The normalized spacial score (nSPS) is 12.0. The Hall–Kier alpha value is -1.80. The van der Waals surface area contributed by atoms with Crippen LogP contribution in [0.3, 0.4) is 0 Å². The molecule has 112 valence electrons. The van der Waals surface area contributed by atoms with Crippen molar-refractivity contribution in [1.29, 1.82) is 0 Å². The van der Waals surface area contributed by atoms with Crippen LogP contribution in [0.15, 0.2) is 23.1 Å². The van der Waals surface area contributed by atoms with Crippen molar-refractivity contribution < 1.29 is 13.2 Å². The summed E-state index contributed by atoms with van der Waals surface area (Å²) in [5.74, 6) is -0.224. The first kappa shape index (κ1) is 16.3. The number of nitrogen functional groups attached to an aromatic ring is 1. The number of hydrogen-bond donors (Lipinski definition) is 4. The van der Waals surface area contributed by atoms with E-state index in [-0.39, 0.29) is 22.9 Å².